The molecule has 1 rings (SSSR count). The van der Waals surface area contributed by atoms with Gasteiger partial charge in [0.2, 0.25) is 0 Å². The van der Waals surface area contributed by atoms with Crippen LogP contribution in [0.1, 0.15) is 31.9 Å². The molecule has 0 aliphatic carbocycles. The van der Waals surface area contributed by atoms with Crippen LogP contribution in [0.4, 0.5) is 4.39 Å². The lowest BCUT2D eigenvalue weighted by Gasteiger charge is -2.14. The number of halogens is 1. The predicted molar refractivity (Wildman–Crippen MR) is 78.3 cm³/mol. The normalized spacial score (nSPS) is 13.2. The van der Waals surface area contributed by atoms with Crippen molar-refractivity contribution in [1.29, 1.82) is 0 Å². The van der Waals surface area contributed by atoms with Crippen LogP contribution in [0.25, 0.3) is 0 Å². The highest BCUT2D eigenvalue weighted by Gasteiger charge is 2.11. The van der Waals surface area contributed by atoms with Crippen molar-refractivity contribution in [2.45, 2.75) is 26.3 Å². The molecule has 0 aliphatic heterocycles. The standard InChI is InChI=1S/C14H22FNO3S/c1-4-16-11(2)13-7-6-12(10-14(13)15)19-8-5-9-20(3,17)18/h6-7,10-11,16H,4-5,8-9H2,1-3H3. The molecule has 0 bridgehead atoms. The molecule has 0 fully saturated rings. The van der Waals surface area contributed by atoms with Crippen LogP contribution in [0.5, 0.6) is 5.75 Å². The third kappa shape index (κ3) is 5.88. The van der Waals surface area contributed by atoms with E-state index >= 15 is 0 Å². The highest BCUT2D eigenvalue weighted by atomic mass is 32.2. The van der Waals surface area contributed by atoms with Gasteiger partial charge in [-0.15, -0.1) is 0 Å². The summed E-state index contributed by atoms with van der Waals surface area (Å²) in [5, 5.41) is 3.14. The van der Waals surface area contributed by atoms with Crippen LogP contribution in [0.15, 0.2) is 18.2 Å². The van der Waals surface area contributed by atoms with Crippen molar-refractivity contribution in [1.82, 2.24) is 5.32 Å². The molecule has 1 aromatic carbocycles. The lowest BCUT2D eigenvalue weighted by Crippen LogP contribution is -2.18. The van der Waals surface area contributed by atoms with Gasteiger partial charge in [-0.3, -0.25) is 0 Å². The molecule has 0 aromatic heterocycles. The van der Waals surface area contributed by atoms with Crippen LogP contribution in [-0.2, 0) is 9.84 Å². The molecule has 6 heteroatoms. The zero-order valence-electron chi connectivity index (χ0n) is 12.1. The molecule has 0 radical (unpaired) electrons. The first-order valence-corrected chi connectivity index (χ1v) is 8.73. The molecule has 1 atom stereocenters. The highest BCUT2D eigenvalue weighted by Crippen LogP contribution is 2.21. The molecule has 1 unspecified atom stereocenters. The summed E-state index contributed by atoms with van der Waals surface area (Å²) in [7, 11) is -2.97. The van der Waals surface area contributed by atoms with Crippen molar-refractivity contribution >= 4 is 9.84 Å². The van der Waals surface area contributed by atoms with Gasteiger partial charge < -0.3 is 10.1 Å². The maximum atomic E-state index is 13.9. The fourth-order valence-corrected chi connectivity index (χ4v) is 2.52. The maximum absolute atomic E-state index is 13.9. The van der Waals surface area contributed by atoms with Crippen LogP contribution >= 0.6 is 0 Å². The highest BCUT2D eigenvalue weighted by molar-refractivity contribution is 7.90. The number of hydrogen-bond acceptors (Lipinski definition) is 4. The average molecular weight is 303 g/mol. The maximum Gasteiger partial charge on any atom is 0.147 e. The molecule has 0 saturated heterocycles. The molecule has 0 spiro atoms. The molecule has 1 N–H and O–H groups in total. The lowest BCUT2D eigenvalue weighted by molar-refractivity contribution is 0.315. The van der Waals surface area contributed by atoms with Crippen LogP contribution in [0.2, 0.25) is 0 Å². The van der Waals surface area contributed by atoms with E-state index in [0.717, 1.165) is 6.54 Å². The number of sulfone groups is 1. The summed E-state index contributed by atoms with van der Waals surface area (Å²) < 4.78 is 41.2. The number of rotatable bonds is 8. The lowest BCUT2D eigenvalue weighted by atomic mass is 10.1. The minimum absolute atomic E-state index is 0.0562. The van der Waals surface area contributed by atoms with E-state index < -0.39 is 9.84 Å². The molecule has 0 aliphatic rings. The summed E-state index contributed by atoms with van der Waals surface area (Å²) in [6.45, 7) is 4.89. The van der Waals surface area contributed by atoms with Gasteiger partial charge in [-0.1, -0.05) is 13.0 Å². The summed E-state index contributed by atoms with van der Waals surface area (Å²) >= 11 is 0. The van der Waals surface area contributed by atoms with Crippen molar-refractivity contribution in [2.75, 3.05) is 25.2 Å². The molecule has 20 heavy (non-hydrogen) atoms. The van der Waals surface area contributed by atoms with E-state index in [-0.39, 0.29) is 24.2 Å². The topological polar surface area (TPSA) is 55.4 Å². The van der Waals surface area contributed by atoms with Gasteiger partial charge in [-0.25, -0.2) is 12.8 Å². The van der Waals surface area contributed by atoms with Crippen molar-refractivity contribution in [3.63, 3.8) is 0 Å². The van der Waals surface area contributed by atoms with Crippen molar-refractivity contribution in [2.24, 2.45) is 0 Å². The van der Waals surface area contributed by atoms with Gasteiger partial charge in [0, 0.05) is 23.9 Å². The Balaban J connectivity index is 2.55. The van der Waals surface area contributed by atoms with Gasteiger partial charge in [0.15, 0.2) is 0 Å². The van der Waals surface area contributed by atoms with Crippen LogP contribution in [0, 0.1) is 5.82 Å². The van der Waals surface area contributed by atoms with E-state index in [1.54, 1.807) is 12.1 Å². The number of benzene rings is 1. The Bertz CT molecular complexity index is 531. The third-order valence-electron chi connectivity index (χ3n) is 2.88. The SMILES string of the molecule is CCNC(C)c1ccc(OCCCS(C)(=O)=O)cc1F. The van der Waals surface area contributed by atoms with Crippen molar-refractivity contribution < 1.29 is 17.5 Å². The largest absolute Gasteiger partial charge is 0.493 e. The smallest absolute Gasteiger partial charge is 0.147 e. The molecule has 0 amide bonds. The predicted octanol–water partition coefficient (Wildman–Crippen LogP) is 2.31. The summed E-state index contributed by atoms with van der Waals surface area (Å²) in [6, 6.07) is 4.67. The van der Waals surface area contributed by atoms with Gasteiger partial charge in [-0.2, -0.15) is 0 Å². The first kappa shape index (κ1) is 16.9. The minimum Gasteiger partial charge on any atom is -0.493 e. The summed E-state index contributed by atoms with van der Waals surface area (Å²) in [5.74, 6) is 0.174. The van der Waals surface area contributed by atoms with Crippen LogP contribution < -0.4 is 10.1 Å². The van der Waals surface area contributed by atoms with Gasteiger partial charge >= 0.3 is 0 Å². The molecule has 0 saturated carbocycles. The fraction of sp³-hybridized carbons (Fsp3) is 0.571. The Morgan fingerprint density at radius 2 is 2.10 bits per heavy atom. The second kappa shape index (κ2) is 7.59. The zero-order valence-corrected chi connectivity index (χ0v) is 13.0. The van der Waals surface area contributed by atoms with E-state index in [2.05, 4.69) is 5.32 Å². The minimum atomic E-state index is -2.97. The number of nitrogens with one attached hydrogen (secondary N) is 1. The van der Waals surface area contributed by atoms with E-state index in [1.807, 2.05) is 13.8 Å². The Hall–Kier alpha value is -1.14. The van der Waals surface area contributed by atoms with Gasteiger partial charge in [0.25, 0.3) is 0 Å². The van der Waals surface area contributed by atoms with Crippen molar-refractivity contribution in [3.8, 4) is 5.75 Å². The van der Waals surface area contributed by atoms with Gasteiger partial charge in [-0.05, 0) is 26.0 Å². The average Bonchev–Trinajstić information content (AvgIpc) is 2.34. The fourth-order valence-electron chi connectivity index (χ4n) is 1.88. The zero-order chi connectivity index (χ0) is 15.2. The quantitative estimate of drug-likeness (QED) is 0.749. The van der Waals surface area contributed by atoms with E-state index in [9.17, 15) is 12.8 Å². The van der Waals surface area contributed by atoms with E-state index in [0.29, 0.717) is 17.7 Å². The molecular formula is C14H22FNO3S. The second-order valence-electron chi connectivity index (χ2n) is 4.79. The molecule has 0 heterocycles. The van der Waals surface area contributed by atoms with Gasteiger partial charge in [0.05, 0.1) is 12.4 Å². The summed E-state index contributed by atoms with van der Waals surface area (Å²) in [4.78, 5) is 0. The summed E-state index contributed by atoms with van der Waals surface area (Å²) in [6.07, 6.45) is 1.58. The van der Waals surface area contributed by atoms with Crippen LogP contribution in [-0.4, -0.2) is 33.6 Å². The van der Waals surface area contributed by atoms with Crippen molar-refractivity contribution in [3.05, 3.63) is 29.6 Å². The Morgan fingerprint density at radius 3 is 2.65 bits per heavy atom. The monoisotopic (exact) mass is 303 g/mol. The van der Waals surface area contributed by atoms with Gasteiger partial charge in [0.1, 0.15) is 21.4 Å². The molecule has 1 aromatic rings. The second-order valence-corrected chi connectivity index (χ2v) is 7.05. The Morgan fingerprint density at radius 1 is 1.40 bits per heavy atom. The first-order chi connectivity index (χ1) is 9.33. The molecular weight excluding hydrogens is 281 g/mol. The number of hydrogen-bond donors (Lipinski definition) is 1. The third-order valence-corrected chi connectivity index (χ3v) is 3.91. The van der Waals surface area contributed by atoms with E-state index in [4.69, 9.17) is 4.74 Å². The Kier molecular flexibility index (Phi) is 6.42. The first-order valence-electron chi connectivity index (χ1n) is 6.67. The molecule has 4 nitrogen and oxygen atoms in total. The van der Waals surface area contributed by atoms with Crippen LogP contribution in [0.3, 0.4) is 0 Å². The Labute approximate surface area is 120 Å². The molecule has 114 valence electrons. The number of ether oxygens (including phenoxy) is 1. The van der Waals surface area contributed by atoms with E-state index in [1.165, 1.54) is 12.3 Å². The summed E-state index contributed by atoms with van der Waals surface area (Å²) in [5.41, 5.74) is 0.593.